The largest absolute Gasteiger partial charge is 0.481 e. The zero-order chi connectivity index (χ0) is 16.6. The van der Waals surface area contributed by atoms with E-state index in [4.69, 9.17) is 5.11 Å². The van der Waals surface area contributed by atoms with Crippen LogP contribution in [0, 0.1) is 5.92 Å². The minimum atomic E-state index is -0.850. The topological polar surface area (TPSA) is 95.0 Å². The van der Waals surface area contributed by atoms with Gasteiger partial charge in [-0.1, -0.05) is 12.1 Å². The van der Waals surface area contributed by atoms with E-state index >= 15 is 0 Å². The van der Waals surface area contributed by atoms with E-state index in [9.17, 15) is 19.2 Å². The molecule has 23 heavy (non-hydrogen) atoms. The van der Waals surface area contributed by atoms with Crippen molar-refractivity contribution in [1.29, 1.82) is 0 Å². The number of carboxylic acids is 1. The van der Waals surface area contributed by atoms with E-state index in [0.717, 1.165) is 4.90 Å². The van der Waals surface area contributed by atoms with Gasteiger partial charge < -0.3 is 10.0 Å². The van der Waals surface area contributed by atoms with Crippen molar-refractivity contribution >= 4 is 23.7 Å². The number of nitrogens with zero attached hydrogens (tertiary/aromatic N) is 2. The van der Waals surface area contributed by atoms with Crippen molar-refractivity contribution in [2.75, 3.05) is 19.6 Å². The molecular formula is C16H16N2O5. The van der Waals surface area contributed by atoms with Crippen LogP contribution >= 0.6 is 0 Å². The van der Waals surface area contributed by atoms with Crippen LogP contribution in [0.1, 0.15) is 33.6 Å². The van der Waals surface area contributed by atoms with Gasteiger partial charge in [-0.05, 0) is 25.0 Å². The molecule has 2 aliphatic heterocycles. The molecule has 7 heteroatoms. The fourth-order valence-corrected chi connectivity index (χ4v) is 2.99. The Morgan fingerprint density at radius 1 is 1.04 bits per heavy atom. The molecule has 1 N–H and O–H groups in total. The summed E-state index contributed by atoms with van der Waals surface area (Å²) in [6, 6.07) is 6.48. The van der Waals surface area contributed by atoms with Crippen molar-refractivity contribution in [3.8, 4) is 0 Å². The van der Waals surface area contributed by atoms with Gasteiger partial charge in [0.1, 0.15) is 6.54 Å². The van der Waals surface area contributed by atoms with Gasteiger partial charge in [-0.2, -0.15) is 0 Å². The first-order valence-corrected chi connectivity index (χ1v) is 7.45. The predicted octanol–water partition coefficient (Wildman–Crippen LogP) is 0.606. The molecule has 0 saturated carbocycles. The summed E-state index contributed by atoms with van der Waals surface area (Å²) in [6.45, 7) is 0.363. The molecule has 1 aromatic carbocycles. The lowest BCUT2D eigenvalue weighted by Gasteiger charge is -2.31. The van der Waals surface area contributed by atoms with E-state index in [1.807, 2.05) is 0 Å². The number of rotatable bonds is 3. The summed E-state index contributed by atoms with van der Waals surface area (Å²) in [5.41, 5.74) is 0.629. The van der Waals surface area contributed by atoms with Crippen LogP contribution in [0.5, 0.6) is 0 Å². The van der Waals surface area contributed by atoms with E-state index in [-0.39, 0.29) is 12.5 Å². The highest BCUT2D eigenvalue weighted by Crippen LogP contribution is 2.23. The Balaban J connectivity index is 1.65. The van der Waals surface area contributed by atoms with Crippen molar-refractivity contribution in [2.45, 2.75) is 12.8 Å². The second kappa shape index (κ2) is 5.83. The van der Waals surface area contributed by atoms with Gasteiger partial charge in [0.15, 0.2) is 0 Å². The summed E-state index contributed by atoms with van der Waals surface area (Å²) >= 11 is 0. The molecule has 0 atom stereocenters. The van der Waals surface area contributed by atoms with E-state index < -0.39 is 23.7 Å². The third-order valence-corrected chi connectivity index (χ3v) is 4.37. The Hall–Kier alpha value is -2.70. The first-order valence-electron chi connectivity index (χ1n) is 7.45. The number of amides is 3. The van der Waals surface area contributed by atoms with Crippen molar-refractivity contribution in [3.63, 3.8) is 0 Å². The van der Waals surface area contributed by atoms with Crippen LogP contribution in [0.15, 0.2) is 24.3 Å². The van der Waals surface area contributed by atoms with Gasteiger partial charge in [-0.25, -0.2) is 0 Å². The van der Waals surface area contributed by atoms with Crippen LogP contribution in [0.2, 0.25) is 0 Å². The first kappa shape index (κ1) is 15.2. The molecule has 7 nitrogen and oxygen atoms in total. The van der Waals surface area contributed by atoms with Gasteiger partial charge >= 0.3 is 5.97 Å². The van der Waals surface area contributed by atoms with Crippen LogP contribution in [0.4, 0.5) is 0 Å². The maximum absolute atomic E-state index is 12.3. The summed E-state index contributed by atoms with van der Waals surface area (Å²) in [6.07, 6.45) is 0.784. The Bertz CT molecular complexity index is 656. The molecule has 1 saturated heterocycles. The number of fused-ring (bicyclic) bond motifs is 1. The standard InChI is InChI=1S/C16H16N2O5/c19-13(17-7-5-10(6-8-17)16(22)23)9-18-14(20)11-3-1-2-4-12(11)15(18)21/h1-4,10H,5-9H2,(H,22,23). The molecule has 0 spiro atoms. The quantitative estimate of drug-likeness (QED) is 0.824. The smallest absolute Gasteiger partial charge is 0.306 e. The lowest BCUT2D eigenvalue weighted by molar-refractivity contribution is -0.145. The van der Waals surface area contributed by atoms with Crippen LogP contribution < -0.4 is 0 Å². The molecule has 0 bridgehead atoms. The summed E-state index contributed by atoms with van der Waals surface area (Å²) in [5.74, 6) is -2.53. The lowest BCUT2D eigenvalue weighted by Crippen LogP contribution is -2.46. The molecule has 0 aliphatic carbocycles. The molecule has 0 aromatic heterocycles. The highest BCUT2D eigenvalue weighted by molar-refractivity contribution is 6.22. The monoisotopic (exact) mass is 316 g/mol. The first-order chi connectivity index (χ1) is 11.0. The third-order valence-electron chi connectivity index (χ3n) is 4.37. The second-order valence-electron chi connectivity index (χ2n) is 5.74. The minimum Gasteiger partial charge on any atom is -0.481 e. The summed E-state index contributed by atoms with van der Waals surface area (Å²) in [4.78, 5) is 50.1. The second-order valence-corrected chi connectivity index (χ2v) is 5.74. The molecule has 2 heterocycles. The number of hydrogen-bond donors (Lipinski definition) is 1. The average Bonchev–Trinajstić information content (AvgIpc) is 2.80. The van der Waals surface area contributed by atoms with Crippen LogP contribution in [0.3, 0.4) is 0 Å². The summed E-state index contributed by atoms with van der Waals surface area (Å²) in [5, 5.41) is 8.96. The van der Waals surface area contributed by atoms with Gasteiger partial charge in [0.2, 0.25) is 5.91 Å². The lowest BCUT2D eigenvalue weighted by atomic mass is 9.97. The number of carboxylic acid groups (broad SMARTS) is 1. The van der Waals surface area contributed by atoms with Crippen molar-refractivity contribution in [1.82, 2.24) is 9.80 Å². The minimum absolute atomic E-state index is 0.302. The van der Waals surface area contributed by atoms with Gasteiger partial charge in [0.25, 0.3) is 11.8 Å². The molecule has 1 aromatic rings. The molecule has 120 valence electrons. The van der Waals surface area contributed by atoms with Crippen molar-refractivity contribution < 1.29 is 24.3 Å². The van der Waals surface area contributed by atoms with Crippen LogP contribution in [0.25, 0.3) is 0 Å². The molecule has 1 fully saturated rings. The maximum atomic E-state index is 12.3. The van der Waals surface area contributed by atoms with Gasteiger partial charge in [0, 0.05) is 13.1 Å². The zero-order valence-corrected chi connectivity index (χ0v) is 12.4. The number of carbonyl (C=O) groups is 4. The molecule has 2 aliphatic rings. The highest BCUT2D eigenvalue weighted by atomic mass is 16.4. The van der Waals surface area contributed by atoms with E-state index in [0.29, 0.717) is 37.1 Å². The Kier molecular flexibility index (Phi) is 3.85. The Morgan fingerprint density at radius 3 is 2.04 bits per heavy atom. The number of carbonyl (C=O) groups excluding carboxylic acids is 3. The Morgan fingerprint density at radius 2 is 1.57 bits per heavy atom. The third kappa shape index (κ3) is 2.69. The number of piperidine rings is 1. The van der Waals surface area contributed by atoms with Crippen LogP contribution in [-0.2, 0) is 9.59 Å². The SMILES string of the molecule is O=C(O)C1CCN(C(=O)CN2C(=O)c3ccccc3C2=O)CC1. The molecule has 3 rings (SSSR count). The number of likely N-dealkylation sites (tertiary alicyclic amines) is 1. The average molecular weight is 316 g/mol. The van der Waals surface area contributed by atoms with Crippen molar-refractivity contribution in [3.05, 3.63) is 35.4 Å². The number of benzene rings is 1. The number of hydrogen-bond acceptors (Lipinski definition) is 4. The number of imide groups is 1. The fraction of sp³-hybridized carbons (Fsp3) is 0.375. The van der Waals surface area contributed by atoms with E-state index in [2.05, 4.69) is 0 Å². The van der Waals surface area contributed by atoms with E-state index in [1.54, 1.807) is 24.3 Å². The molecule has 3 amide bonds. The van der Waals surface area contributed by atoms with Gasteiger partial charge in [0.05, 0.1) is 17.0 Å². The molecule has 0 radical (unpaired) electrons. The molecule has 0 unspecified atom stereocenters. The maximum Gasteiger partial charge on any atom is 0.306 e. The Labute approximate surface area is 132 Å². The van der Waals surface area contributed by atoms with Gasteiger partial charge in [-0.15, -0.1) is 0 Å². The number of aliphatic carboxylic acids is 1. The van der Waals surface area contributed by atoms with Crippen LogP contribution in [-0.4, -0.2) is 58.2 Å². The van der Waals surface area contributed by atoms with E-state index in [1.165, 1.54) is 4.90 Å². The normalized spacial score (nSPS) is 18.3. The summed E-state index contributed by atoms with van der Waals surface area (Å²) < 4.78 is 0. The molecular weight excluding hydrogens is 300 g/mol. The highest BCUT2D eigenvalue weighted by Gasteiger charge is 2.37. The summed E-state index contributed by atoms with van der Waals surface area (Å²) in [7, 11) is 0. The van der Waals surface area contributed by atoms with Crippen molar-refractivity contribution in [2.24, 2.45) is 5.92 Å². The predicted molar refractivity (Wildman–Crippen MR) is 78.7 cm³/mol. The fourth-order valence-electron chi connectivity index (χ4n) is 2.99. The van der Waals surface area contributed by atoms with Gasteiger partial charge in [-0.3, -0.25) is 24.1 Å². The zero-order valence-electron chi connectivity index (χ0n) is 12.4.